The number of hydrogen-bond acceptors (Lipinski definition) is 2. The highest BCUT2D eigenvalue weighted by atomic mass is 19.4. The summed E-state index contributed by atoms with van der Waals surface area (Å²) in [5, 5.41) is 0. The molecule has 1 aliphatic heterocycles. The maximum absolute atomic E-state index is 12.6. The number of cyclic esters (lactones) is 1. The second kappa shape index (κ2) is 6.38. The second-order valence-corrected chi connectivity index (χ2v) is 5.04. The SMILES string of the molecule is CC/C=C1\OC(=O)C(c2ccc(C(F)(F)F)cc2)=C1CCC. The van der Waals surface area contributed by atoms with Crippen LogP contribution in [0.15, 0.2) is 41.7 Å². The van der Waals surface area contributed by atoms with Crippen LogP contribution < -0.4 is 0 Å². The van der Waals surface area contributed by atoms with E-state index in [2.05, 4.69) is 0 Å². The Morgan fingerprint density at radius 3 is 2.27 bits per heavy atom. The van der Waals surface area contributed by atoms with Gasteiger partial charge in [0.1, 0.15) is 5.76 Å². The molecule has 0 aliphatic carbocycles. The first-order valence-corrected chi connectivity index (χ1v) is 7.22. The fraction of sp³-hybridized carbons (Fsp3) is 0.353. The number of carbonyl (C=O) groups is 1. The largest absolute Gasteiger partial charge is 0.423 e. The molecule has 2 nitrogen and oxygen atoms in total. The van der Waals surface area contributed by atoms with Gasteiger partial charge in [0.25, 0.3) is 0 Å². The summed E-state index contributed by atoms with van der Waals surface area (Å²) in [6.07, 6.45) is -0.385. The lowest BCUT2D eigenvalue weighted by molar-refractivity contribution is -0.137. The molecule has 1 aromatic rings. The average Bonchev–Trinajstić information content (AvgIpc) is 2.75. The molecule has 0 fully saturated rings. The van der Waals surface area contributed by atoms with Gasteiger partial charge in [0, 0.05) is 5.57 Å². The molecule has 0 spiro atoms. The first-order valence-electron chi connectivity index (χ1n) is 7.22. The fourth-order valence-electron chi connectivity index (χ4n) is 2.43. The van der Waals surface area contributed by atoms with Crippen molar-refractivity contribution in [1.82, 2.24) is 0 Å². The summed E-state index contributed by atoms with van der Waals surface area (Å²) in [6.45, 7) is 3.91. The third kappa shape index (κ3) is 3.24. The van der Waals surface area contributed by atoms with Gasteiger partial charge in [-0.2, -0.15) is 13.2 Å². The molecule has 0 unspecified atom stereocenters. The van der Waals surface area contributed by atoms with Crippen molar-refractivity contribution in [2.45, 2.75) is 39.3 Å². The van der Waals surface area contributed by atoms with Crippen molar-refractivity contribution < 1.29 is 22.7 Å². The molecular weight excluding hydrogens is 293 g/mol. The lowest BCUT2D eigenvalue weighted by atomic mass is 9.96. The van der Waals surface area contributed by atoms with Crippen LogP contribution in [0.25, 0.3) is 5.57 Å². The second-order valence-electron chi connectivity index (χ2n) is 5.04. The van der Waals surface area contributed by atoms with E-state index in [-0.39, 0.29) is 0 Å². The van der Waals surface area contributed by atoms with Crippen LogP contribution >= 0.6 is 0 Å². The number of benzene rings is 1. The molecule has 0 N–H and O–H groups in total. The Morgan fingerprint density at radius 1 is 1.14 bits per heavy atom. The molecule has 0 saturated heterocycles. The van der Waals surface area contributed by atoms with Crippen LogP contribution in [0.5, 0.6) is 0 Å². The molecule has 0 atom stereocenters. The van der Waals surface area contributed by atoms with Gasteiger partial charge in [-0.15, -0.1) is 0 Å². The minimum atomic E-state index is -4.39. The van der Waals surface area contributed by atoms with E-state index in [1.165, 1.54) is 12.1 Å². The van der Waals surface area contributed by atoms with E-state index in [0.717, 1.165) is 30.5 Å². The third-order valence-corrected chi connectivity index (χ3v) is 3.40. The molecule has 0 radical (unpaired) electrons. The van der Waals surface area contributed by atoms with Crippen LogP contribution in [0.2, 0.25) is 0 Å². The van der Waals surface area contributed by atoms with Crippen LogP contribution in [0.4, 0.5) is 13.2 Å². The Labute approximate surface area is 127 Å². The van der Waals surface area contributed by atoms with Gasteiger partial charge >= 0.3 is 12.1 Å². The van der Waals surface area contributed by atoms with E-state index in [9.17, 15) is 18.0 Å². The highest BCUT2D eigenvalue weighted by Crippen LogP contribution is 2.37. The molecule has 118 valence electrons. The lowest BCUT2D eigenvalue weighted by Crippen LogP contribution is -2.05. The van der Waals surface area contributed by atoms with Gasteiger partial charge in [-0.05, 0) is 36.6 Å². The number of carbonyl (C=O) groups excluding carboxylic acids is 1. The number of hydrogen-bond donors (Lipinski definition) is 0. The van der Waals surface area contributed by atoms with E-state index in [1.807, 2.05) is 19.9 Å². The monoisotopic (exact) mass is 310 g/mol. The summed E-state index contributed by atoms with van der Waals surface area (Å²) < 4.78 is 43.1. The number of alkyl halides is 3. The molecule has 22 heavy (non-hydrogen) atoms. The van der Waals surface area contributed by atoms with Gasteiger partial charge in [-0.3, -0.25) is 0 Å². The Balaban J connectivity index is 2.47. The maximum Gasteiger partial charge on any atom is 0.416 e. The Bertz CT molecular complexity index is 622. The van der Waals surface area contributed by atoms with Crippen LogP contribution in [-0.4, -0.2) is 5.97 Å². The third-order valence-electron chi connectivity index (χ3n) is 3.40. The van der Waals surface area contributed by atoms with Gasteiger partial charge in [0.2, 0.25) is 0 Å². The van der Waals surface area contributed by atoms with Crippen molar-refractivity contribution >= 4 is 11.5 Å². The molecular formula is C17H17F3O2. The Kier molecular flexibility index (Phi) is 4.74. The molecule has 0 bridgehead atoms. The predicted octanol–water partition coefficient (Wildman–Crippen LogP) is 5.11. The number of halogens is 3. The Hall–Kier alpha value is -2.04. The average molecular weight is 310 g/mol. The highest BCUT2D eigenvalue weighted by molar-refractivity contribution is 6.21. The predicted molar refractivity (Wildman–Crippen MR) is 77.7 cm³/mol. The van der Waals surface area contributed by atoms with E-state index >= 15 is 0 Å². The maximum atomic E-state index is 12.6. The van der Waals surface area contributed by atoms with Crippen LogP contribution in [0, 0.1) is 0 Å². The van der Waals surface area contributed by atoms with Gasteiger partial charge in [-0.1, -0.05) is 32.4 Å². The Morgan fingerprint density at radius 2 is 1.77 bits per heavy atom. The van der Waals surface area contributed by atoms with Crippen molar-refractivity contribution in [2.24, 2.45) is 0 Å². The summed E-state index contributed by atoms with van der Waals surface area (Å²) in [5.74, 6) is 0.0344. The lowest BCUT2D eigenvalue weighted by Gasteiger charge is -2.08. The molecule has 1 heterocycles. The van der Waals surface area contributed by atoms with Gasteiger partial charge < -0.3 is 4.74 Å². The number of allylic oxidation sites excluding steroid dienone is 2. The van der Waals surface area contributed by atoms with Crippen molar-refractivity contribution in [1.29, 1.82) is 0 Å². The van der Waals surface area contributed by atoms with Crippen molar-refractivity contribution in [3.05, 3.63) is 52.8 Å². The zero-order valence-electron chi connectivity index (χ0n) is 12.5. The standard InChI is InChI=1S/C17H17F3O2/c1-3-5-13-14(6-4-2)22-16(21)15(13)11-7-9-12(10-8-11)17(18,19)20/h6-10H,3-5H2,1-2H3/b14-6-. The molecule has 0 amide bonds. The quantitative estimate of drug-likeness (QED) is 0.722. The number of esters is 1. The summed E-state index contributed by atoms with van der Waals surface area (Å²) in [7, 11) is 0. The van der Waals surface area contributed by atoms with Crippen LogP contribution in [0.1, 0.15) is 44.2 Å². The first kappa shape index (κ1) is 16.3. The summed E-state index contributed by atoms with van der Waals surface area (Å²) in [6, 6.07) is 4.62. The molecule has 0 saturated carbocycles. The minimum Gasteiger partial charge on any atom is -0.423 e. The van der Waals surface area contributed by atoms with Gasteiger partial charge in [0.15, 0.2) is 0 Å². The summed E-state index contributed by atoms with van der Waals surface area (Å²) in [5.41, 5.74) is 0.870. The van der Waals surface area contributed by atoms with Crippen molar-refractivity contribution in [3.63, 3.8) is 0 Å². The van der Waals surface area contributed by atoms with E-state index in [0.29, 0.717) is 23.3 Å². The van der Waals surface area contributed by atoms with E-state index in [4.69, 9.17) is 4.74 Å². The van der Waals surface area contributed by atoms with Crippen molar-refractivity contribution in [2.75, 3.05) is 0 Å². The number of rotatable bonds is 4. The molecule has 2 rings (SSSR count). The van der Waals surface area contributed by atoms with E-state index < -0.39 is 17.7 Å². The fourth-order valence-corrected chi connectivity index (χ4v) is 2.43. The molecule has 1 aliphatic rings. The minimum absolute atomic E-state index is 0.371. The normalized spacial score (nSPS) is 17.3. The summed E-state index contributed by atoms with van der Waals surface area (Å²) >= 11 is 0. The van der Waals surface area contributed by atoms with Crippen LogP contribution in [0.3, 0.4) is 0 Å². The zero-order valence-corrected chi connectivity index (χ0v) is 12.5. The van der Waals surface area contributed by atoms with Crippen LogP contribution in [-0.2, 0) is 15.7 Å². The zero-order chi connectivity index (χ0) is 16.3. The molecule has 5 heteroatoms. The first-order chi connectivity index (χ1) is 10.4. The van der Waals surface area contributed by atoms with E-state index in [1.54, 1.807) is 0 Å². The van der Waals surface area contributed by atoms with Gasteiger partial charge in [0.05, 0.1) is 11.1 Å². The topological polar surface area (TPSA) is 26.3 Å². The van der Waals surface area contributed by atoms with Crippen molar-refractivity contribution in [3.8, 4) is 0 Å². The smallest absolute Gasteiger partial charge is 0.416 e. The molecule has 1 aromatic carbocycles. The summed E-state index contributed by atoms with van der Waals surface area (Å²) in [4.78, 5) is 12.1. The molecule has 0 aromatic heterocycles. The van der Waals surface area contributed by atoms with Gasteiger partial charge in [-0.25, -0.2) is 4.79 Å². The highest BCUT2D eigenvalue weighted by Gasteiger charge is 2.32. The number of ether oxygens (including phenoxy) is 1.